The number of nitrogens with zero attached hydrogens (tertiary/aromatic N) is 1. The van der Waals surface area contributed by atoms with Crippen LogP contribution < -0.4 is 10.6 Å². The van der Waals surface area contributed by atoms with Gasteiger partial charge in [-0.3, -0.25) is 9.59 Å². The summed E-state index contributed by atoms with van der Waals surface area (Å²) in [5.41, 5.74) is 2.99. The third kappa shape index (κ3) is 4.59. The van der Waals surface area contributed by atoms with Crippen LogP contribution in [0, 0.1) is 24.5 Å². The average molecular weight is 325 g/mol. The molecule has 0 heterocycles. The van der Waals surface area contributed by atoms with E-state index in [-0.39, 0.29) is 0 Å². The molecule has 2 amide bonds. The zero-order valence-corrected chi connectivity index (χ0v) is 13.5. The van der Waals surface area contributed by atoms with Gasteiger partial charge in [-0.1, -0.05) is 12.1 Å². The predicted octanol–water partition coefficient (Wildman–Crippen LogP) is 3.45. The van der Waals surface area contributed by atoms with Crippen LogP contribution in [0.1, 0.15) is 11.1 Å². The molecular formula is C17H15N3O2S. The molecular weight excluding hydrogens is 310 g/mol. The molecule has 0 aromatic heterocycles. The van der Waals surface area contributed by atoms with Crippen LogP contribution in [0.5, 0.6) is 0 Å². The van der Waals surface area contributed by atoms with Gasteiger partial charge in [-0.05, 0) is 67.1 Å². The molecule has 0 spiro atoms. The topological polar surface area (TPSA) is 82.0 Å². The van der Waals surface area contributed by atoms with Gasteiger partial charge in [-0.15, -0.1) is 0 Å². The maximum absolute atomic E-state index is 12.0. The van der Waals surface area contributed by atoms with Gasteiger partial charge in [0.25, 0.3) is 0 Å². The Morgan fingerprint density at radius 3 is 2.30 bits per heavy atom. The number of thiocyanates is 1. The van der Waals surface area contributed by atoms with E-state index in [1.54, 1.807) is 24.3 Å². The lowest BCUT2D eigenvalue weighted by Gasteiger charge is -2.09. The first kappa shape index (κ1) is 16.6. The van der Waals surface area contributed by atoms with Gasteiger partial charge >= 0.3 is 11.8 Å². The minimum absolute atomic E-state index is 0.494. The van der Waals surface area contributed by atoms with Crippen molar-refractivity contribution >= 4 is 35.0 Å². The number of hydrogen-bond acceptors (Lipinski definition) is 4. The Kier molecular flexibility index (Phi) is 5.39. The first-order valence-electron chi connectivity index (χ1n) is 6.85. The maximum Gasteiger partial charge on any atom is 0.314 e. The lowest BCUT2D eigenvalue weighted by atomic mass is 10.1. The SMILES string of the molecule is Cc1ccc(C)c(NC(=O)C(=O)Nc2ccc(SC#N)cc2)c1. The van der Waals surface area contributed by atoms with Crippen LogP contribution in [0.2, 0.25) is 0 Å². The van der Waals surface area contributed by atoms with E-state index in [1.165, 1.54) is 0 Å². The van der Waals surface area contributed by atoms with E-state index in [0.717, 1.165) is 27.8 Å². The van der Waals surface area contributed by atoms with Crippen LogP contribution in [0.4, 0.5) is 11.4 Å². The number of nitriles is 1. The van der Waals surface area contributed by atoms with Gasteiger partial charge in [0, 0.05) is 16.3 Å². The zero-order chi connectivity index (χ0) is 16.8. The Balaban J connectivity index is 2.01. The maximum atomic E-state index is 12.0. The van der Waals surface area contributed by atoms with Gasteiger partial charge < -0.3 is 10.6 Å². The fourth-order valence-electron chi connectivity index (χ4n) is 1.90. The highest BCUT2D eigenvalue weighted by atomic mass is 32.2. The lowest BCUT2D eigenvalue weighted by molar-refractivity contribution is -0.133. The molecule has 0 saturated heterocycles. The summed E-state index contributed by atoms with van der Waals surface area (Å²) in [5.74, 6) is -1.47. The summed E-state index contributed by atoms with van der Waals surface area (Å²) in [6.07, 6.45) is 0. The largest absolute Gasteiger partial charge is 0.318 e. The summed E-state index contributed by atoms with van der Waals surface area (Å²) in [5, 5.41) is 15.7. The number of benzene rings is 2. The molecule has 0 radical (unpaired) electrons. The second-order valence-corrected chi connectivity index (χ2v) is 5.80. The normalized spacial score (nSPS) is 9.78. The van der Waals surface area contributed by atoms with E-state index in [4.69, 9.17) is 5.26 Å². The third-order valence-electron chi connectivity index (χ3n) is 3.12. The van der Waals surface area contributed by atoms with Crippen molar-refractivity contribution < 1.29 is 9.59 Å². The van der Waals surface area contributed by atoms with Crippen LogP contribution >= 0.6 is 11.8 Å². The summed E-state index contributed by atoms with van der Waals surface area (Å²) in [6, 6.07) is 12.3. The van der Waals surface area contributed by atoms with Crippen LogP contribution in [0.25, 0.3) is 0 Å². The van der Waals surface area contributed by atoms with E-state index in [9.17, 15) is 9.59 Å². The van der Waals surface area contributed by atoms with Crippen LogP contribution in [-0.2, 0) is 9.59 Å². The molecule has 2 aromatic rings. The van der Waals surface area contributed by atoms with Crippen LogP contribution in [0.15, 0.2) is 47.4 Å². The van der Waals surface area contributed by atoms with E-state index in [0.29, 0.717) is 11.4 Å². The molecule has 2 N–H and O–H groups in total. The van der Waals surface area contributed by atoms with E-state index < -0.39 is 11.8 Å². The third-order valence-corrected chi connectivity index (χ3v) is 3.72. The molecule has 116 valence electrons. The molecule has 0 saturated carbocycles. The number of carbonyl (C=O) groups excluding carboxylic acids is 2. The molecule has 23 heavy (non-hydrogen) atoms. The lowest BCUT2D eigenvalue weighted by Crippen LogP contribution is -2.29. The first-order chi connectivity index (χ1) is 11.0. The van der Waals surface area contributed by atoms with Crippen molar-refractivity contribution in [1.29, 1.82) is 5.26 Å². The summed E-state index contributed by atoms with van der Waals surface area (Å²) in [6.45, 7) is 3.77. The Morgan fingerprint density at radius 2 is 1.65 bits per heavy atom. The van der Waals surface area contributed by atoms with Crippen molar-refractivity contribution in [2.45, 2.75) is 18.7 Å². The fourth-order valence-corrected chi connectivity index (χ4v) is 2.27. The summed E-state index contributed by atoms with van der Waals surface area (Å²) in [7, 11) is 0. The Labute approximate surface area is 138 Å². The van der Waals surface area contributed by atoms with Crippen molar-refractivity contribution in [2.75, 3.05) is 10.6 Å². The molecule has 0 atom stereocenters. The van der Waals surface area contributed by atoms with Crippen LogP contribution in [-0.4, -0.2) is 11.8 Å². The molecule has 2 rings (SSSR count). The second kappa shape index (κ2) is 7.47. The highest BCUT2D eigenvalue weighted by Crippen LogP contribution is 2.19. The Bertz CT molecular complexity index is 779. The van der Waals surface area contributed by atoms with Crippen LogP contribution in [0.3, 0.4) is 0 Å². The molecule has 0 aliphatic carbocycles. The number of aryl methyl sites for hydroxylation is 2. The highest BCUT2D eigenvalue weighted by molar-refractivity contribution is 8.03. The van der Waals surface area contributed by atoms with Crippen molar-refractivity contribution in [3.05, 3.63) is 53.6 Å². The number of carbonyl (C=O) groups is 2. The average Bonchev–Trinajstić information content (AvgIpc) is 2.53. The molecule has 0 aliphatic rings. The zero-order valence-electron chi connectivity index (χ0n) is 12.7. The summed E-state index contributed by atoms with van der Waals surface area (Å²) >= 11 is 1.03. The summed E-state index contributed by atoms with van der Waals surface area (Å²) in [4.78, 5) is 24.7. The minimum atomic E-state index is -0.744. The highest BCUT2D eigenvalue weighted by Gasteiger charge is 2.15. The number of anilines is 2. The number of thioether (sulfide) groups is 1. The van der Waals surface area contributed by atoms with Crippen molar-refractivity contribution in [2.24, 2.45) is 0 Å². The Hall–Kier alpha value is -2.78. The Morgan fingerprint density at radius 1 is 1.00 bits per heavy atom. The number of rotatable bonds is 3. The monoisotopic (exact) mass is 325 g/mol. The van der Waals surface area contributed by atoms with Crippen molar-refractivity contribution in [1.82, 2.24) is 0 Å². The van der Waals surface area contributed by atoms with E-state index in [2.05, 4.69) is 10.6 Å². The standard InChI is InChI=1S/C17H15N3O2S/c1-11-3-4-12(2)15(9-11)20-17(22)16(21)19-13-5-7-14(8-6-13)23-10-18/h3-9H,1-2H3,(H,19,21)(H,20,22). The fraction of sp³-hybridized carbons (Fsp3) is 0.118. The van der Waals surface area contributed by atoms with Crippen molar-refractivity contribution in [3.63, 3.8) is 0 Å². The predicted molar refractivity (Wildman–Crippen MR) is 91.1 cm³/mol. The van der Waals surface area contributed by atoms with E-state index >= 15 is 0 Å². The second-order valence-electron chi connectivity index (χ2n) is 4.94. The first-order valence-corrected chi connectivity index (χ1v) is 7.67. The van der Waals surface area contributed by atoms with Gasteiger partial charge in [-0.25, -0.2) is 0 Å². The van der Waals surface area contributed by atoms with Gasteiger partial charge in [0.1, 0.15) is 5.40 Å². The van der Waals surface area contributed by atoms with Gasteiger partial charge in [-0.2, -0.15) is 5.26 Å². The molecule has 2 aromatic carbocycles. The molecule has 6 heteroatoms. The number of amides is 2. The van der Waals surface area contributed by atoms with E-state index in [1.807, 2.05) is 37.4 Å². The number of hydrogen-bond donors (Lipinski definition) is 2. The smallest absolute Gasteiger partial charge is 0.314 e. The molecule has 5 nitrogen and oxygen atoms in total. The van der Waals surface area contributed by atoms with Gasteiger partial charge in [0.15, 0.2) is 0 Å². The molecule has 0 unspecified atom stereocenters. The van der Waals surface area contributed by atoms with Gasteiger partial charge in [0.05, 0.1) is 0 Å². The quantitative estimate of drug-likeness (QED) is 0.514. The molecule has 0 aliphatic heterocycles. The molecule has 0 fully saturated rings. The molecule has 0 bridgehead atoms. The number of nitrogens with one attached hydrogen (secondary N) is 2. The van der Waals surface area contributed by atoms with Crippen molar-refractivity contribution in [3.8, 4) is 5.40 Å². The minimum Gasteiger partial charge on any atom is -0.318 e. The van der Waals surface area contributed by atoms with Gasteiger partial charge in [0.2, 0.25) is 0 Å². The summed E-state index contributed by atoms with van der Waals surface area (Å²) < 4.78 is 0.